The molecule has 0 saturated heterocycles. The van der Waals surface area contributed by atoms with E-state index in [1.165, 1.54) is 6.08 Å². The van der Waals surface area contributed by atoms with Gasteiger partial charge < -0.3 is 10.5 Å². The Morgan fingerprint density at radius 1 is 1.53 bits per heavy atom. The average molecular weight is 206 g/mol. The molecule has 80 valence electrons. The van der Waals surface area contributed by atoms with Crippen LogP contribution in [0.4, 0.5) is 0 Å². The first-order valence-corrected chi connectivity index (χ1v) is 4.79. The van der Waals surface area contributed by atoms with Crippen LogP contribution in [0.2, 0.25) is 0 Å². The summed E-state index contributed by atoms with van der Waals surface area (Å²) >= 11 is 0. The van der Waals surface area contributed by atoms with Crippen molar-refractivity contribution in [2.45, 2.75) is 6.42 Å². The molecule has 0 unspecified atom stereocenters. The second-order valence-corrected chi connectivity index (χ2v) is 2.90. The number of pyridine rings is 1. The molecule has 0 aliphatic rings. The highest BCUT2D eigenvalue weighted by Gasteiger charge is 1.95. The van der Waals surface area contributed by atoms with E-state index in [9.17, 15) is 4.79 Å². The number of nitrogens with two attached hydrogens (primary N) is 1. The lowest BCUT2D eigenvalue weighted by Gasteiger charge is -1.98. The molecule has 0 saturated carbocycles. The zero-order chi connectivity index (χ0) is 10.9. The zero-order valence-corrected chi connectivity index (χ0v) is 8.43. The van der Waals surface area contributed by atoms with E-state index in [-0.39, 0.29) is 5.97 Å². The number of carbonyl (C=O) groups excluding carboxylic acids is 1. The fraction of sp³-hybridized carbons (Fsp3) is 0.273. The topological polar surface area (TPSA) is 65.2 Å². The summed E-state index contributed by atoms with van der Waals surface area (Å²) in [4.78, 5) is 15.1. The normalized spacial score (nSPS) is 10.5. The van der Waals surface area contributed by atoms with Crippen LogP contribution in [0.3, 0.4) is 0 Å². The van der Waals surface area contributed by atoms with E-state index in [1.54, 1.807) is 12.3 Å². The van der Waals surface area contributed by atoms with Crippen molar-refractivity contribution < 1.29 is 9.53 Å². The lowest BCUT2D eigenvalue weighted by molar-refractivity contribution is -0.137. The van der Waals surface area contributed by atoms with Gasteiger partial charge in [0, 0.05) is 12.3 Å². The molecule has 0 aliphatic heterocycles. The van der Waals surface area contributed by atoms with Gasteiger partial charge in [0.1, 0.15) is 0 Å². The minimum atomic E-state index is -0.367. The van der Waals surface area contributed by atoms with Gasteiger partial charge in [0.15, 0.2) is 0 Å². The van der Waals surface area contributed by atoms with Crippen molar-refractivity contribution in [3.63, 3.8) is 0 Å². The van der Waals surface area contributed by atoms with Crippen LogP contribution in [0.15, 0.2) is 30.5 Å². The summed E-state index contributed by atoms with van der Waals surface area (Å²) in [6.45, 7) is 0.888. The monoisotopic (exact) mass is 206 g/mol. The van der Waals surface area contributed by atoms with Crippen molar-refractivity contribution in [1.82, 2.24) is 4.98 Å². The number of aromatic nitrogens is 1. The number of ether oxygens (including phenoxy) is 1. The van der Waals surface area contributed by atoms with Crippen molar-refractivity contribution in [1.29, 1.82) is 0 Å². The van der Waals surface area contributed by atoms with Gasteiger partial charge in [-0.2, -0.15) is 0 Å². The highest BCUT2D eigenvalue weighted by Crippen LogP contribution is 1.96. The molecule has 0 amide bonds. The first-order chi connectivity index (χ1) is 7.33. The summed E-state index contributed by atoms with van der Waals surface area (Å²) in [6.07, 6.45) is 5.33. The molecule has 4 heteroatoms. The van der Waals surface area contributed by atoms with Crippen LogP contribution in [-0.4, -0.2) is 24.1 Å². The van der Waals surface area contributed by atoms with Gasteiger partial charge in [-0.05, 0) is 31.2 Å². The highest BCUT2D eigenvalue weighted by molar-refractivity contribution is 5.86. The Morgan fingerprint density at radius 3 is 3.07 bits per heavy atom. The molecule has 0 bridgehead atoms. The standard InChI is InChI=1S/C11H14N2O2/c12-7-3-9-15-11(14)6-5-10-4-1-2-8-13-10/h1-2,4-6,8H,3,7,9,12H2/b6-5+. The number of nitrogens with zero attached hydrogens (tertiary/aromatic N) is 1. The third-order valence-corrected chi connectivity index (χ3v) is 1.67. The summed E-state index contributed by atoms with van der Waals surface area (Å²) < 4.78 is 4.87. The van der Waals surface area contributed by atoms with Crippen molar-refractivity contribution in [3.8, 4) is 0 Å². The summed E-state index contributed by atoms with van der Waals surface area (Å²) in [6, 6.07) is 5.48. The van der Waals surface area contributed by atoms with Gasteiger partial charge in [0.25, 0.3) is 0 Å². The lowest BCUT2D eigenvalue weighted by Crippen LogP contribution is -2.07. The molecule has 2 N–H and O–H groups in total. The van der Waals surface area contributed by atoms with Crippen LogP contribution in [0.25, 0.3) is 6.08 Å². The molecule has 15 heavy (non-hydrogen) atoms. The van der Waals surface area contributed by atoms with Crippen LogP contribution in [0.1, 0.15) is 12.1 Å². The SMILES string of the molecule is NCCCOC(=O)/C=C/c1ccccn1. The zero-order valence-electron chi connectivity index (χ0n) is 8.43. The van der Waals surface area contributed by atoms with Crippen LogP contribution < -0.4 is 5.73 Å². The number of rotatable bonds is 5. The first kappa shape index (κ1) is 11.4. The van der Waals surface area contributed by atoms with Gasteiger partial charge in [-0.3, -0.25) is 4.98 Å². The quantitative estimate of drug-likeness (QED) is 0.443. The van der Waals surface area contributed by atoms with Crippen molar-refractivity contribution in [2.24, 2.45) is 5.73 Å². The van der Waals surface area contributed by atoms with Crippen molar-refractivity contribution in [3.05, 3.63) is 36.2 Å². The molecule has 0 spiro atoms. The van der Waals surface area contributed by atoms with Gasteiger partial charge in [-0.25, -0.2) is 4.79 Å². The van der Waals surface area contributed by atoms with Gasteiger partial charge in [-0.1, -0.05) is 6.07 Å². The van der Waals surface area contributed by atoms with E-state index >= 15 is 0 Å². The Morgan fingerprint density at radius 2 is 2.40 bits per heavy atom. The number of esters is 1. The fourth-order valence-corrected chi connectivity index (χ4v) is 0.932. The molecule has 0 radical (unpaired) electrons. The molecule has 0 aromatic carbocycles. The maximum absolute atomic E-state index is 11.1. The summed E-state index contributed by atoms with van der Waals surface area (Å²) in [5.41, 5.74) is 5.99. The molecule has 0 atom stereocenters. The Balaban J connectivity index is 2.34. The molecule has 0 fully saturated rings. The minimum Gasteiger partial charge on any atom is -0.462 e. The van der Waals surface area contributed by atoms with Crippen LogP contribution >= 0.6 is 0 Å². The Hall–Kier alpha value is -1.68. The van der Waals surface area contributed by atoms with Crippen molar-refractivity contribution in [2.75, 3.05) is 13.2 Å². The second kappa shape index (κ2) is 6.73. The van der Waals surface area contributed by atoms with E-state index in [0.717, 1.165) is 5.69 Å². The Kier molecular flexibility index (Phi) is 5.11. The Labute approximate surface area is 88.8 Å². The molecule has 0 aliphatic carbocycles. The van der Waals surface area contributed by atoms with E-state index in [4.69, 9.17) is 10.5 Å². The average Bonchev–Trinajstić information content (AvgIpc) is 2.28. The molecular weight excluding hydrogens is 192 g/mol. The third kappa shape index (κ3) is 4.93. The predicted molar refractivity (Wildman–Crippen MR) is 57.9 cm³/mol. The van der Waals surface area contributed by atoms with E-state index in [1.807, 2.05) is 18.2 Å². The second-order valence-electron chi connectivity index (χ2n) is 2.90. The maximum Gasteiger partial charge on any atom is 0.330 e. The molecule has 1 rings (SSSR count). The largest absolute Gasteiger partial charge is 0.462 e. The smallest absolute Gasteiger partial charge is 0.330 e. The van der Waals surface area contributed by atoms with Gasteiger partial charge in [0.2, 0.25) is 0 Å². The van der Waals surface area contributed by atoms with E-state index in [2.05, 4.69) is 4.98 Å². The van der Waals surface area contributed by atoms with Gasteiger partial charge >= 0.3 is 5.97 Å². The van der Waals surface area contributed by atoms with Gasteiger partial charge in [-0.15, -0.1) is 0 Å². The number of hydrogen-bond donors (Lipinski definition) is 1. The van der Waals surface area contributed by atoms with Crippen molar-refractivity contribution >= 4 is 12.0 Å². The highest BCUT2D eigenvalue weighted by atomic mass is 16.5. The number of carbonyl (C=O) groups is 1. The maximum atomic E-state index is 11.1. The van der Waals surface area contributed by atoms with Crippen LogP contribution in [-0.2, 0) is 9.53 Å². The van der Waals surface area contributed by atoms with Gasteiger partial charge in [0.05, 0.1) is 12.3 Å². The lowest BCUT2D eigenvalue weighted by atomic mass is 10.3. The number of hydrogen-bond acceptors (Lipinski definition) is 4. The molecule has 1 aromatic heterocycles. The van der Waals surface area contributed by atoms with Crippen LogP contribution in [0, 0.1) is 0 Å². The molecule has 4 nitrogen and oxygen atoms in total. The molecule has 1 heterocycles. The van der Waals surface area contributed by atoms with E-state index < -0.39 is 0 Å². The third-order valence-electron chi connectivity index (χ3n) is 1.67. The fourth-order valence-electron chi connectivity index (χ4n) is 0.932. The summed E-state index contributed by atoms with van der Waals surface area (Å²) in [7, 11) is 0. The van der Waals surface area contributed by atoms with E-state index in [0.29, 0.717) is 19.6 Å². The predicted octanol–water partition coefficient (Wildman–Crippen LogP) is 0.987. The molecule has 1 aromatic rings. The summed E-state index contributed by atoms with van der Waals surface area (Å²) in [5, 5.41) is 0. The summed E-state index contributed by atoms with van der Waals surface area (Å²) in [5.74, 6) is -0.367. The first-order valence-electron chi connectivity index (χ1n) is 4.79. The molecular formula is C11H14N2O2. The minimum absolute atomic E-state index is 0.363. The Bertz CT molecular complexity index is 323. The van der Waals surface area contributed by atoms with Crippen LogP contribution in [0.5, 0.6) is 0 Å².